The van der Waals surface area contributed by atoms with E-state index in [2.05, 4.69) is 14.9 Å². The minimum Gasteiger partial charge on any atom is -0.491 e. The van der Waals surface area contributed by atoms with Crippen LogP contribution in [0.1, 0.15) is 64.0 Å². The number of aromatic carboxylic acids is 1. The second-order valence-electron chi connectivity index (χ2n) is 12.6. The van der Waals surface area contributed by atoms with Crippen molar-refractivity contribution in [1.29, 1.82) is 0 Å². The van der Waals surface area contributed by atoms with Crippen LogP contribution in [0.25, 0.3) is 21.3 Å². The van der Waals surface area contributed by atoms with Gasteiger partial charge in [-0.2, -0.15) is 0 Å². The van der Waals surface area contributed by atoms with E-state index in [-0.39, 0.29) is 35.5 Å². The van der Waals surface area contributed by atoms with Crippen molar-refractivity contribution in [2.75, 3.05) is 19.7 Å². The Bertz CT molecular complexity index is 2100. The average Bonchev–Trinajstić information content (AvgIpc) is 3.51. The second-order valence-corrected chi connectivity index (χ2v) is 13.9. The van der Waals surface area contributed by atoms with Gasteiger partial charge >= 0.3 is 5.97 Å². The topological polar surface area (TPSA) is 110 Å². The molecular formula is C36H35ClFN5O4S. The minimum atomic E-state index is -1.03. The number of carboxylic acids is 1. The van der Waals surface area contributed by atoms with Crippen LogP contribution >= 0.6 is 22.9 Å². The van der Waals surface area contributed by atoms with Crippen LogP contribution in [0, 0.1) is 19.7 Å². The van der Waals surface area contributed by atoms with Crippen molar-refractivity contribution in [2.24, 2.45) is 0 Å². The summed E-state index contributed by atoms with van der Waals surface area (Å²) < 4.78 is 23.3. The Balaban J connectivity index is 1.10. The number of hydrogen-bond donors (Lipinski definition) is 1. The molecule has 9 nitrogen and oxygen atoms in total. The van der Waals surface area contributed by atoms with Crippen molar-refractivity contribution in [3.8, 4) is 16.9 Å². The number of aryl methyl sites for hydroxylation is 3. The van der Waals surface area contributed by atoms with Gasteiger partial charge in [0.15, 0.2) is 0 Å². The standard InChI is InChI=1S/C36H35ClFN5O4S/c1-20-15-26(34-33(40-20)28(19-48-34)36(45)46)25-16-23(37)7-10-31(25)47-14-13-43-21(2)41-30-9-8-24(17-27(30)35(43)44)42-12-4-5-22(18-42)32-29(38)6-3-11-39-32/h3,6-7,10-11,15-16,19,22,24H,4-5,8-9,12-14,17-18H2,1-2H3,(H,45,46)/t22-,24+/m0/s1. The molecule has 0 spiro atoms. The summed E-state index contributed by atoms with van der Waals surface area (Å²) in [6.45, 7) is 5.83. The Morgan fingerprint density at radius 3 is 2.83 bits per heavy atom. The highest BCUT2D eigenvalue weighted by Gasteiger charge is 2.33. The largest absolute Gasteiger partial charge is 0.491 e. The number of fused-ring (bicyclic) bond motifs is 2. The van der Waals surface area contributed by atoms with Crippen molar-refractivity contribution in [3.63, 3.8) is 0 Å². The first-order chi connectivity index (χ1) is 23.2. The second kappa shape index (κ2) is 13.4. The third-order valence-electron chi connectivity index (χ3n) is 9.52. The van der Waals surface area contributed by atoms with Gasteiger partial charge in [0.25, 0.3) is 5.56 Å². The van der Waals surface area contributed by atoms with E-state index in [1.807, 2.05) is 19.9 Å². The quantitative estimate of drug-likeness (QED) is 0.189. The molecular weight excluding hydrogens is 653 g/mol. The van der Waals surface area contributed by atoms with Crippen LogP contribution in [0.3, 0.4) is 0 Å². The summed E-state index contributed by atoms with van der Waals surface area (Å²) in [5.41, 5.74) is 4.87. The number of pyridine rings is 2. The van der Waals surface area contributed by atoms with Gasteiger partial charge in [-0.1, -0.05) is 11.6 Å². The molecule has 12 heteroatoms. The lowest BCUT2D eigenvalue weighted by atomic mass is 9.87. The molecule has 5 aromatic rings. The molecule has 1 saturated heterocycles. The molecule has 0 saturated carbocycles. The van der Waals surface area contributed by atoms with E-state index in [1.54, 1.807) is 40.4 Å². The van der Waals surface area contributed by atoms with Crippen molar-refractivity contribution >= 4 is 39.1 Å². The average molecular weight is 688 g/mol. The molecule has 0 unspecified atom stereocenters. The van der Waals surface area contributed by atoms with E-state index in [4.69, 9.17) is 21.3 Å². The van der Waals surface area contributed by atoms with Gasteiger partial charge in [0, 0.05) is 57.5 Å². The molecule has 1 aliphatic heterocycles. The van der Waals surface area contributed by atoms with Gasteiger partial charge in [0.2, 0.25) is 0 Å². The van der Waals surface area contributed by atoms with E-state index in [0.29, 0.717) is 46.5 Å². The molecule has 0 bridgehead atoms. The monoisotopic (exact) mass is 687 g/mol. The molecule has 1 N–H and O–H groups in total. The minimum absolute atomic E-state index is 0.0373. The zero-order valence-corrected chi connectivity index (χ0v) is 28.3. The summed E-state index contributed by atoms with van der Waals surface area (Å²) >= 11 is 7.74. The van der Waals surface area contributed by atoms with Crippen LogP contribution in [0.4, 0.5) is 4.39 Å². The number of carboxylic acid groups (broad SMARTS) is 1. The Morgan fingerprint density at radius 1 is 1.17 bits per heavy atom. The maximum atomic E-state index is 14.5. The van der Waals surface area contributed by atoms with Gasteiger partial charge in [-0.05, 0) is 88.9 Å². The van der Waals surface area contributed by atoms with E-state index in [9.17, 15) is 19.1 Å². The first kappa shape index (κ1) is 32.4. The summed E-state index contributed by atoms with van der Waals surface area (Å²) in [5.74, 6) is -0.0323. The summed E-state index contributed by atoms with van der Waals surface area (Å²) in [7, 11) is 0. The van der Waals surface area contributed by atoms with Gasteiger partial charge in [-0.15, -0.1) is 11.3 Å². The predicted molar refractivity (Wildman–Crippen MR) is 184 cm³/mol. The highest BCUT2D eigenvalue weighted by Crippen LogP contribution is 2.40. The predicted octanol–water partition coefficient (Wildman–Crippen LogP) is 6.84. The number of piperidine rings is 1. The number of carbonyl (C=O) groups is 1. The fourth-order valence-corrected chi connectivity index (χ4v) is 8.40. The molecule has 5 heterocycles. The van der Waals surface area contributed by atoms with Gasteiger partial charge in [-0.25, -0.2) is 14.2 Å². The first-order valence-corrected chi connectivity index (χ1v) is 17.4. The van der Waals surface area contributed by atoms with Gasteiger partial charge in [0.1, 0.15) is 24.0 Å². The summed E-state index contributed by atoms with van der Waals surface area (Å²) in [6.07, 6.45) is 5.76. The SMILES string of the molecule is Cc1cc(-c2cc(Cl)ccc2OCCn2c(C)nc3c(c2=O)C[C@H](N2CCC[C@H](c4ncccc4F)C2)CC3)c2scc(C(=O)O)c2n1. The number of ether oxygens (including phenoxy) is 1. The maximum absolute atomic E-state index is 14.5. The van der Waals surface area contributed by atoms with Crippen molar-refractivity contribution in [2.45, 2.75) is 64.5 Å². The molecule has 1 fully saturated rings. The Morgan fingerprint density at radius 2 is 2.02 bits per heavy atom. The van der Waals surface area contributed by atoms with Crippen LogP contribution in [0.15, 0.2) is 52.8 Å². The number of thiophene rings is 1. The number of aromatic nitrogens is 4. The molecule has 48 heavy (non-hydrogen) atoms. The molecule has 4 aromatic heterocycles. The molecule has 248 valence electrons. The molecule has 2 atom stereocenters. The smallest absolute Gasteiger partial charge is 0.338 e. The zero-order chi connectivity index (χ0) is 33.5. The van der Waals surface area contributed by atoms with Crippen LogP contribution in [-0.4, -0.2) is 61.2 Å². The van der Waals surface area contributed by atoms with Crippen molar-refractivity contribution in [1.82, 2.24) is 24.4 Å². The Labute approximate surface area is 286 Å². The van der Waals surface area contributed by atoms with Gasteiger partial charge in [0.05, 0.1) is 33.7 Å². The highest BCUT2D eigenvalue weighted by molar-refractivity contribution is 7.18. The number of hydrogen-bond acceptors (Lipinski definition) is 8. The third-order valence-corrected chi connectivity index (χ3v) is 10.8. The van der Waals surface area contributed by atoms with Crippen molar-refractivity contribution in [3.05, 3.63) is 103 Å². The van der Waals surface area contributed by atoms with Crippen LogP contribution < -0.4 is 10.3 Å². The number of rotatable bonds is 8. The number of halogens is 2. The molecule has 0 amide bonds. The molecule has 2 aliphatic rings. The van der Waals surface area contributed by atoms with Crippen molar-refractivity contribution < 1.29 is 19.0 Å². The number of benzene rings is 1. The van der Waals surface area contributed by atoms with Crippen LogP contribution in [0.2, 0.25) is 5.02 Å². The summed E-state index contributed by atoms with van der Waals surface area (Å²) in [4.78, 5) is 41.9. The highest BCUT2D eigenvalue weighted by atomic mass is 35.5. The zero-order valence-electron chi connectivity index (χ0n) is 26.7. The van der Waals surface area contributed by atoms with E-state index >= 15 is 0 Å². The fourth-order valence-electron chi connectivity index (χ4n) is 7.22. The lowest BCUT2D eigenvalue weighted by molar-refractivity contribution is 0.0699. The first-order valence-electron chi connectivity index (χ1n) is 16.2. The van der Waals surface area contributed by atoms with E-state index in [0.717, 1.165) is 65.9 Å². The molecule has 1 aromatic carbocycles. The van der Waals surface area contributed by atoms with Gasteiger partial charge < -0.3 is 9.84 Å². The molecule has 0 radical (unpaired) electrons. The summed E-state index contributed by atoms with van der Waals surface area (Å²) in [6, 6.07) is 10.5. The fraction of sp³-hybridized carbons (Fsp3) is 0.361. The summed E-state index contributed by atoms with van der Waals surface area (Å²) in [5, 5.41) is 11.8. The number of nitrogens with zero attached hydrogens (tertiary/aromatic N) is 5. The third kappa shape index (κ3) is 6.22. The lowest BCUT2D eigenvalue weighted by Gasteiger charge is -2.40. The normalized spacial score (nSPS) is 18.2. The Kier molecular flexibility index (Phi) is 9.02. The lowest BCUT2D eigenvalue weighted by Crippen LogP contribution is -2.46. The van der Waals surface area contributed by atoms with Crippen LogP contribution in [0.5, 0.6) is 5.75 Å². The van der Waals surface area contributed by atoms with Gasteiger partial charge in [-0.3, -0.25) is 24.2 Å². The Hall–Kier alpha value is -4.19. The van der Waals surface area contributed by atoms with E-state index < -0.39 is 5.97 Å². The maximum Gasteiger partial charge on any atom is 0.338 e. The van der Waals surface area contributed by atoms with E-state index in [1.165, 1.54) is 17.4 Å². The number of likely N-dealkylation sites (tertiary alicyclic amines) is 1. The molecule has 1 aliphatic carbocycles. The molecule has 7 rings (SSSR count). The van der Waals surface area contributed by atoms with Crippen LogP contribution in [-0.2, 0) is 19.4 Å².